The highest BCUT2D eigenvalue weighted by molar-refractivity contribution is 9.10. The van der Waals surface area contributed by atoms with Crippen LogP contribution < -0.4 is 0 Å². The van der Waals surface area contributed by atoms with Crippen molar-refractivity contribution < 1.29 is 4.42 Å². The lowest BCUT2D eigenvalue weighted by molar-refractivity contribution is 0.669. The van der Waals surface area contributed by atoms with Crippen molar-refractivity contribution in [1.29, 1.82) is 0 Å². The van der Waals surface area contributed by atoms with Crippen LogP contribution in [0.4, 0.5) is 0 Å². The van der Waals surface area contributed by atoms with Crippen LogP contribution >= 0.6 is 15.9 Å². The van der Waals surface area contributed by atoms with Gasteiger partial charge in [-0.15, -0.1) is 0 Å². The Bertz CT molecular complexity index is 2280. The van der Waals surface area contributed by atoms with E-state index in [1.807, 2.05) is 60.7 Å². The highest BCUT2D eigenvalue weighted by Gasteiger charge is 2.15. The summed E-state index contributed by atoms with van der Waals surface area (Å²) in [6.45, 7) is 0. The van der Waals surface area contributed by atoms with Gasteiger partial charge < -0.3 is 4.42 Å². The number of para-hydroxylation sites is 1. The average molecular weight is 631 g/mol. The predicted octanol–water partition coefficient (Wildman–Crippen LogP) is 10.9. The lowest BCUT2D eigenvalue weighted by atomic mass is 9.99. The van der Waals surface area contributed by atoms with Crippen LogP contribution in [0.5, 0.6) is 0 Å². The van der Waals surface area contributed by atoms with Gasteiger partial charge >= 0.3 is 0 Å². The summed E-state index contributed by atoms with van der Waals surface area (Å²) in [5.41, 5.74) is 9.05. The van der Waals surface area contributed by atoms with Crippen LogP contribution in [0.3, 0.4) is 0 Å². The van der Waals surface area contributed by atoms with E-state index in [0.29, 0.717) is 17.5 Å². The second kappa shape index (κ2) is 11.0. The molecule has 44 heavy (non-hydrogen) atoms. The molecule has 0 N–H and O–H groups in total. The third-order valence-electron chi connectivity index (χ3n) is 7.82. The zero-order valence-corrected chi connectivity index (χ0v) is 25.1. The molecule has 0 aliphatic carbocycles. The highest BCUT2D eigenvalue weighted by atomic mass is 79.9. The predicted molar refractivity (Wildman–Crippen MR) is 182 cm³/mol. The van der Waals surface area contributed by atoms with Crippen LogP contribution in [0.1, 0.15) is 0 Å². The Morgan fingerprint density at radius 1 is 0.364 bits per heavy atom. The number of nitrogens with zero attached hydrogens (tertiary/aromatic N) is 3. The summed E-state index contributed by atoms with van der Waals surface area (Å²) >= 11 is 3.52. The van der Waals surface area contributed by atoms with Gasteiger partial charge in [0.25, 0.3) is 0 Å². The van der Waals surface area contributed by atoms with Crippen molar-refractivity contribution in [1.82, 2.24) is 15.0 Å². The SMILES string of the molecule is Brc1ccc(-c2ccc(-c3cccc(-c4nc(-c5ccccc5)nc(-c5ccc6oc7ccccc7c6c5)n4)c3)cc2)cc1. The first kappa shape index (κ1) is 26.3. The first-order valence-electron chi connectivity index (χ1n) is 14.4. The minimum Gasteiger partial charge on any atom is -0.456 e. The summed E-state index contributed by atoms with van der Waals surface area (Å²) < 4.78 is 7.14. The first-order chi connectivity index (χ1) is 21.7. The molecule has 0 aliphatic rings. The molecule has 0 bridgehead atoms. The lowest BCUT2D eigenvalue weighted by Crippen LogP contribution is -2.00. The minimum atomic E-state index is 0.616. The van der Waals surface area contributed by atoms with E-state index in [4.69, 9.17) is 19.4 Å². The summed E-state index contributed by atoms with van der Waals surface area (Å²) in [6, 6.07) is 49.7. The lowest BCUT2D eigenvalue weighted by Gasteiger charge is -2.10. The fourth-order valence-electron chi connectivity index (χ4n) is 5.55. The van der Waals surface area contributed by atoms with Crippen molar-refractivity contribution in [3.63, 3.8) is 0 Å². The number of halogens is 1. The topological polar surface area (TPSA) is 51.8 Å². The Labute approximate surface area is 262 Å². The number of furan rings is 1. The van der Waals surface area contributed by atoms with Crippen LogP contribution in [0, 0.1) is 0 Å². The Morgan fingerprint density at radius 3 is 1.59 bits per heavy atom. The molecule has 0 amide bonds. The molecule has 0 fully saturated rings. The quantitative estimate of drug-likeness (QED) is 0.190. The molecule has 2 heterocycles. The van der Waals surface area contributed by atoms with Crippen LogP contribution in [-0.4, -0.2) is 15.0 Å². The van der Waals surface area contributed by atoms with Gasteiger partial charge in [-0.05, 0) is 64.7 Å². The largest absolute Gasteiger partial charge is 0.456 e. The summed E-state index contributed by atoms with van der Waals surface area (Å²) in [4.78, 5) is 14.9. The third-order valence-corrected chi connectivity index (χ3v) is 8.35. The molecule has 2 aromatic heterocycles. The number of aromatic nitrogens is 3. The molecular weight excluding hydrogens is 606 g/mol. The fourth-order valence-corrected chi connectivity index (χ4v) is 5.82. The van der Waals surface area contributed by atoms with Crippen molar-refractivity contribution in [2.45, 2.75) is 0 Å². The first-order valence-corrected chi connectivity index (χ1v) is 15.2. The zero-order chi connectivity index (χ0) is 29.5. The maximum Gasteiger partial charge on any atom is 0.164 e. The molecule has 0 saturated carbocycles. The molecule has 6 aromatic carbocycles. The summed E-state index contributed by atoms with van der Waals surface area (Å²) in [5, 5.41) is 2.11. The van der Waals surface area contributed by atoms with Gasteiger partial charge in [0, 0.05) is 31.9 Å². The maximum atomic E-state index is 6.07. The van der Waals surface area contributed by atoms with Gasteiger partial charge in [-0.3, -0.25) is 0 Å². The van der Waals surface area contributed by atoms with Gasteiger partial charge in [0.15, 0.2) is 17.5 Å². The van der Waals surface area contributed by atoms with Crippen LogP contribution in [0.25, 0.3) is 78.4 Å². The number of hydrogen-bond acceptors (Lipinski definition) is 4. The molecule has 5 heteroatoms. The molecule has 0 saturated heterocycles. The van der Waals surface area contributed by atoms with E-state index in [1.54, 1.807) is 0 Å². The number of rotatable bonds is 5. The van der Waals surface area contributed by atoms with Gasteiger partial charge in [0.2, 0.25) is 0 Å². The monoisotopic (exact) mass is 629 g/mol. The number of benzene rings is 6. The molecular formula is C39H24BrN3O. The van der Waals surface area contributed by atoms with Crippen molar-refractivity contribution in [2.75, 3.05) is 0 Å². The molecule has 0 spiro atoms. The zero-order valence-electron chi connectivity index (χ0n) is 23.5. The normalized spacial score (nSPS) is 11.3. The van der Waals surface area contributed by atoms with Crippen LogP contribution in [-0.2, 0) is 0 Å². The van der Waals surface area contributed by atoms with E-state index >= 15 is 0 Å². The van der Waals surface area contributed by atoms with Gasteiger partial charge in [-0.25, -0.2) is 15.0 Å². The molecule has 0 unspecified atom stereocenters. The Hall–Kier alpha value is -5.39. The summed E-state index contributed by atoms with van der Waals surface area (Å²) in [6.07, 6.45) is 0. The smallest absolute Gasteiger partial charge is 0.164 e. The molecule has 0 atom stereocenters. The van der Waals surface area contributed by atoms with Gasteiger partial charge in [-0.2, -0.15) is 0 Å². The van der Waals surface area contributed by atoms with Crippen LogP contribution in [0.2, 0.25) is 0 Å². The second-order valence-corrected chi connectivity index (χ2v) is 11.6. The molecule has 8 rings (SSSR count). The van der Waals surface area contributed by atoms with E-state index in [1.165, 1.54) is 11.1 Å². The van der Waals surface area contributed by atoms with E-state index in [2.05, 4.69) is 101 Å². The standard InChI is InChI=1S/C39H24BrN3O/c40-32-20-17-26(18-21-32)25-13-15-27(16-14-25)29-9-6-10-30(23-29)38-41-37(28-7-2-1-3-8-28)42-39(43-38)31-19-22-36-34(24-31)33-11-4-5-12-35(33)44-36/h1-24H. The molecule has 4 nitrogen and oxygen atoms in total. The molecule has 0 aliphatic heterocycles. The van der Waals surface area contributed by atoms with Crippen LogP contribution in [0.15, 0.2) is 154 Å². The Morgan fingerprint density at radius 2 is 0.864 bits per heavy atom. The summed E-state index contributed by atoms with van der Waals surface area (Å²) in [5.74, 6) is 1.87. The Balaban J connectivity index is 1.22. The van der Waals surface area contributed by atoms with E-state index in [0.717, 1.165) is 54.2 Å². The van der Waals surface area contributed by atoms with Gasteiger partial charge in [0.1, 0.15) is 11.2 Å². The Kier molecular flexibility index (Phi) is 6.58. The fraction of sp³-hybridized carbons (Fsp3) is 0. The maximum absolute atomic E-state index is 6.07. The average Bonchev–Trinajstić information content (AvgIpc) is 3.47. The number of fused-ring (bicyclic) bond motifs is 3. The molecule has 0 radical (unpaired) electrons. The summed E-state index contributed by atoms with van der Waals surface area (Å²) in [7, 11) is 0. The second-order valence-electron chi connectivity index (χ2n) is 10.6. The van der Waals surface area contributed by atoms with Gasteiger partial charge in [0.05, 0.1) is 0 Å². The number of hydrogen-bond donors (Lipinski definition) is 0. The molecule has 8 aromatic rings. The van der Waals surface area contributed by atoms with Crippen molar-refractivity contribution in [3.8, 4) is 56.4 Å². The van der Waals surface area contributed by atoms with Crippen molar-refractivity contribution in [3.05, 3.63) is 150 Å². The third kappa shape index (κ3) is 4.97. The highest BCUT2D eigenvalue weighted by Crippen LogP contribution is 2.33. The van der Waals surface area contributed by atoms with Gasteiger partial charge in [-0.1, -0.05) is 119 Å². The minimum absolute atomic E-state index is 0.616. The van der Waals surface area contributed by atoms with Crippen molar-refractivity contribution in [2.24, 2.45) is 0 Å². The van der Waals surface area contributed by atoms with E-state index in [-0.39, 0.29) is 0 Å². The van der Waals surface area contributed by atoms with E-state index in [9.17, 15) is 0 Å². The van der Waals surface area contributed by atoms with E-state index < -0.39 is 0 Å². The van der Waals surface area contributed by atoms with Crippen molar-refractivity contribution >= 4 is 37.9 Å². The molecule has 208 valence electrons.